The maximum atomic E-state index is 14.6. The summed E-state index contributed by atoms with van der Waals surface area (Å²) in [6.07, 6.45) is 5.41. The van der Waals surface area contributed by atoms with E-state index < -0.39 is 21.7 Å². The van der Waals surface area contributed by atoms with E-state index in [0.717, 1.165) is 61.2 Å². The predicted molar refractivity (Wildman–Crippen MR) is 140 cm³/mol. The number of hydrogen-bond acceptors (Lipinski definition) is 7. The van der Waals surface area contributed by atoms with E-state index in [0.29, 0.717) is 34.7 Å². The predicted octanol–water partition coefficient (Wildman–Crippen LogP) is 3.45. The average Bonchev–Trinajstić information content (AvgIpc) is 3.31. The molecule has 5 rings (SSSR count). The van der Waals surface area contributed by atoms with Gasteiger partial charge in [-0.1, -0.05) is 0 Å². The van der Waals surface area contributed by atoms with E-state index in [-0.39, 0.29) is 5.69 Å². The first-order valence-electron chi connectivity index (χ1n) is 12.0. The van der Waals surface area contributed by atoms with Crippen molar-refractivity contribution in [2.24, 2.45) is 0 Å². The van der Waals surface area contributed by atoms with Gasteiger partial charge in [0.1, 0.15) is 23.9 Å². The van der Waals surface area contributed by atoms with Crippen molar-refractivity contribution in [3.63, 3.8) is 0 Å². The Morgan fingerprint density at radius 2 is 1.84 bits per heavy atom. The number of nitrogens with zero attached hydrogens (tertiary/aromatic N) is 5. The average molecular weight is 544 g/mol. The quantitative estimate of drug-likeness (QED) is 0.336. The Balaban J connectivity index is 1.48. The number of rotatable bonds is 8. The van der Waals surface area contributed by atoms with Crippen LogP contribution >= 0.6 is 0 Å². The molecule has 0 aliphatic carbocycles. The summed E-state index contributed by atoms with van der Waals surface area (Å²) in [5.41, 5.74) is 2.53. The Hall–Kier alpha value is -3.61. The molecule has 0 N–H and O–H groups in total. The second kappa shape index (κ2) is 10.6. The Kier molecular flexibility index (Phi) is 7.28. The van der Waals surface area contributed by atoms with Crippen molar-refractivity contribution in [1.82, 2.24) is 19.5 Å². The number of fused-ring (bicyclic) bond motifs is 1. The van der Waals surface area contributed by atoms with E-state index in [1.807, 2.05) is 12.1 Å². The van der Waals surface area contributed by atoms with Gasteiger partial charge in [0.05, 0.1) is 49.3 Å². The Morgan fingerprint density at radius 1 is 1.08 bits per heavy atom. The molecule has 1 aromatic carbocycles. The van der Waals surface area contributed by atoms with Crippen molar-refractivity contribution in [2.75, 3.05) is 57.1 Å². The molecule has 0 unspecified atom stereocenters. The summed E-state index contributed by atoms with van der Waals surface area (Å²) in [7, 11) is -2.21. The molecule has 38 heavy (non-hydrogen) atoms. The summed E-state index contributed by atoms with van der Waals surface area (Å²) in [6, 6.07) is 9.29. The molecule has 1 aliphatic rings. The first-order chi connectivity index (χ1) is 18.2. The first kappa shape index (κ1) is 26.0. The molecule has 12 heteroatoms. The molecule has 200 valence electrons. The van der Waals surface area contributed by atoms with Crippen molar-refractivity contribution in [3.05, 3.63) is 66.6 Å². The molecular weight excluding hydrogens is 516 g/mol. The topological polar surface area (TPSA) is 89.3 Å². The lowest BCUT2D eigenvalue weighted by Crippen LogP contribution is -2.38. The van der Waals surface area contributed by atoms with Crippen LogP contribution < -0.4 is 9.04 Å². The zero-order valence-corrected chi connectivity index (χ0v) is 21.8. The van der Waals surface area contributed by atoms with Crippen LogP contribution in [0.25, 0.3) is 27.9 Å². The molecule has 1 saturated heterocycles. The van der Waals surface area contributed by atoms with Gasteiger partial charge in [-0.25, -0.2) is 21.7 Å². The fraction of sp³-hybridized carbons (Fsp3) is 0.308. The lowest BCUT2D eigenvalue weighted by molar-refractivity contribution is 0.0322. The largest absolute Gasteiger partial charge is 0.491 e. The zero-order valence-electron chi connectivity index (χ0n) is 21.0. The molecule has 0 amide bonds. The van der Waals surface area contributed by atoms with Gasteiger partial charge in [-0.3, -0.25) is 14.2 Å². The highest BCUT2D eigenvalue weighted by molar-refractivity contribution is 7.92. The molecule has 0 bridgehead atoms. The normalized spacial score (nSPS) is 14.6. The second-order valence-corrected chi connectivity index (χ2v) is 11.1. The number of halogens is 2. The highest BCUT2D eigenvalue weighted by atomic mass is 32.2. The van der Waals surface area contributed by atoms with Crippen LogP contribution in [0.5, 0.6) is 5.75 Å². The molecule has 9 nitrogen and oxygen atoms in total. The van der Waals surface area contributed by atoms with Crippen molar-refractivity contribution in [1.29, 1.82) is 0 Å². The van der Waals surface area contributed by atoms with E-state index in [9.17, 15) is 17.2 Å². The van der Waals surface area contributed by atoms with Gasteiger partial charge in [-0.05, 0) is 35.9 Å². The Labute approximate surface area is 219 Å². The number of anilines is 1. The van der Waals surface area contributed by atoms with Gasteiger partial charge in [0, 0.05) is 43.9 Å². The van der Waals surface area contributed by atoms with Crippen LogP contribution in [0.4, 0.5) is 14.5 Å². The minimum atomic E-state index is -3.61. The van der Waals surface area contributed by atoms with Crippen LogP contribution in [-0.4, -0.2) is 80.7 Å². The van der Waals surface area contributed by atoms with Crippen molar-refractivity contribution < 1.29 is 26.7 Å². The summed E-state index contributed by atoms with van der Waals surface area (Å²) >= 11 is 0. The van der Waals surface area contributed by atoms with E-state index in [4.69, 9.17) is 9.47 Å². The number of aromatic nitrogens is 3. The summed E-state index contributed by atoms with van der Waals surface area (Å²) in [5.74, 6) is -1.00. The minimum absolute atomic E-state index is 0.0937. The lowest BCUT2D eigenvalue weighted by atomic mass is 10.0. The summed E-state index contributed by atoms with van der Waals surface area (Å²) < 4.78 is 66.7. The van der Waals surface area contributed by atoms with E-state index in [1.165, 1.54) is 13.1 Å². The van der Waals surface area contributed by atoms with Crippen LogP contribution in [0.1, 0.15) is 0 Å². The smallest absolute Gasteiger partial charge is 0.231 e. The fourth-order valence-corrected chi connectivity index (χ4v) is 4.78. The molecule has 1 aliphatic heterocycles. The Morgan fingerprint density at radius 3 is 2.58 bits per heavy atom. The van der Waals surface area contributed by atoms with Gasteiger partial charge in [-0.15, -0.1) is 0 Å². The van der Waals surface area contributed by atoms with Crippen LogP contribution in [0, 0.1) is 11.6 Å². The first-order valence-corrected chi connectivity index (χ1v) is 13.8. The SMILES string of the molecule is CN(c1cc(-c2ncc(F)cc2F)cc(-c2cnn3cc(OCCN4CCOCC4)ccc23)c1)S(C)(=O)=O. The van der Waals surface area contributed by atoms with Gasteiger partial charge < -0.3 is 9.47 Å². The van der Waals surface area contributed by atoms with Gasteiger partial charge >= 0.3 is 0 Å². The molecular formula is C26H27F2N5O4S. The molecule has 0 radical (unpaired) electrons. The van der Waals surface area contributed by atoms with Crippen LogP contribution in [0.15, 0.2) is 55.0 Å². The fourth-order valence-electron chi connectivity index (χ4n) is 4.29. The molecule has 0 saturated carbocycles. The highest BCUT2D eigenvalue weighted by Gasteiger charge is 2.19. The molecule has 3 aromatic heterocycles. The summed E-state index contributed by atoms with van der Waals surface area (Å²) in [5, 5.41) is 4.45. The van der Waals surface area contributed by atoms with Crippen LogP contribution in [0.3, 0.4) is 0 Å². The highest BCUT2D eigenvalue weighted by Crippen LogP contribution is 2.35. The van der Waals surface area contributed by atoms with E-state index >= 15 is 0 Å². The molecule has 0 atom stereocenters. The standard InChI is InChI=1S/C26H27F2N5O4S/c1-31(38(2,34)35)21-12-18(11-19(13-21)26-24(28)14-20(27)15-29-26)23-16-30-33-17-22(3-4-25(23)33)37-10-7-32-5-8-36-9-6-32/h3-4,11-17H,5-10H2,1-2H3. The van der Waals surface area contributed by atoms with Gasteiger partial charge in [-0.2, -0.15) is 5.10 Å². The number of sulfonamides is 1. The van der Waals surface area contributed by atoms with E-state index in [1.54, 1.807) is 29.0 Å². The van der Waals surface area contributed by atoms with Crippen LogP contribution in [-0.2, 0) is 14.8 Å². The van der Waals surface area contributed by atoms with Gasteiger partial charge in [0.2, 0.25) is 10.0 Å². The summed E-state index contributed by atoms with van der Waals surface area (Å²) in [6.45, 7) is 4.56. The minimum Gasteiger partial charge on any atom is -0.491 e. The molecule has 4 heterocycles. The summed E-state index contributed by atoms with van der Waals surface area (Å²) in [4.78, 5) is 6.19. The van der Waals surface area contributed by atoms with Gasteiger partial charge in [0.25, 0.3) is 0 Å². The third kappa shape index (κ3) is 5.62. The maximum Gasteiger partial charge on any atom is 0.231 e. The molecule has 1 fully saturated rings. The number of ether oxygens (including phenoxy) is 2. The van der Waals surface area contributed by atoms with Crippen molar-refractivity contribution in [2.45, 2.75) is 0 Å². The third-order valence-electron chi connectivity index (χ3n) is 6.44. The Bertz CT molecular complexity index is 1570. The van der Waals surface area contributed by atoms with Crippen molar-refractivity contribution in [3.8, 4) is 28.1 Å². The number of pyridine rings is 2. The molecule has 4 aromatic rings. The van der Waals surface area contributed by atoms with Crippen LogP contribution in [0.2, 0.25) is 0 Å². The number of morpholine rings is 1. The van der Waals surface area contributed by atoms with E-state index in [2.05, 4.69) is 15.0 Å². The molecule has 0 spiro atoms. The lowest BCUT2D eigenvalue weighted by Gasteiger charge is -2.26. The number of benzene rings is 1. The number of hydrogen-bond donors (Lipinski definition) is 0. The maximum absolute atomic E-state index is 14.6. The monoisotopic (exact) mass is 543 g/mol. The third-order valence-corrected chi connectivity index (χ3v) is 7.65. The van der Waals surface area contributed by atoms with Crippen molar-refractivity contribution >= 4 is 21.2 Å². The zero-order chi connectivity index (χ0) is 26.9. The second-order valence-electron chi connectivity index (χ2n) is 9.04. The van der Waals surface area contributed by atoms with Gasteiger partial charge in [0.15, 0.2) is 5.82 Å².